The summed E-state index contributed by atoms with van der Waals surface area (Å²) in [5, 5.41) is 19.2. The Balaban J connectivity index is 2.86. The fourth-order valence-corrected chi connectivity index (χ4v) is 0.271. The summed E-state index contributed by atoms with van der Waals surface area (Å²) in [6, 6.07) is 0. The van der Waals surface area contributed by atoms with Crippen LogP contribution in [-0.2, 0) is 4.74 Å². The highest BCUT2D eigenvalue weighted by atomic mass is 16.6. The van der Waals surface area contributed by atoms with Gasteiger partial charge in [-0.05, 0) is 0 Å². The summed E-state index contributed by atoms with van der Waals surface area (Å²) in [6.07, 6.45) is -0.817. The number of methoxy groups -OCH3 is 1. The zero-order valence-electron chi connectivity index (χ0n) is 4.79. The topological polar surface area (TPSA) is 61.7 Å². The lowest BCUT2D eigenvalue weighted by Crippen LogP contribution is -2.28. The Morgan fingerprint density at radius 3 is 2.75 bits per heavy atom. The monoisotopic (exact) mass is 121 g/mol. The first-order valence-electron chi connectivity index (χ1n) is 2.33. The van der Waals surface area contributed by atoms with Gasteiger partial charge in [0.15, 0.2) is 6.29 Å². The largest absolute Gasteiger partial charge is 0.381 e. The van der Waals surface area contributed by atoms with Crippen molar-refractivity contribution in [3.63, 3.8) is 0 Å². The van der Waals surface area contributed by atoms with Crippen LogP contribution in [0.15, 0.2) is 0 Å². The molecule has 50 valence electrons. The van der Waals surface area contributed by atoms with Crippen molar-refractivity contribution >= 4 is 0 Å². The standard InChI is InChI=1S/C4H11NO3/c1-8-4(7)2-5-3-6/h4-7H,2-3H2,1H3. The number of rotatable bonds is 4. The van der Waals surface area contributed by atoms with Crippen molar-refractivity contribution in [1.82, 2.24) is 5.32 Å². The lowest BCUT2D eigenvalue weighted by Gasteiger charge is -2.06. The van der Waals surface area contributed by atoms with Crippen molar-refractivity contribution in [2.75, 3.05) is 20.4 Å². The predicted molar refractivity (Wildman–Crippen MR) is 28.1 cm³/mol. The number of aliphatic hydroxyl groups is 2. The molecule has 4 nitrogen and oxygen atoms in total. The van der Waals surface area contributed by atoms with Gasteiger partial charge in [0, 0.05) is 13.7 Å². The maximum Gasteiger partial charge on any atom is 0.166 e. The van der Waals surface area contributed by atoms with E-state index in [1.807, 2.05) is 0 Å². The lowest BCUT2D eigenvalue weighted by molar-refractivity contribution is -0.0731. The van der Waals surface area contributed by atoms with E-state index in [4.69, 9.17) is 10.2 Å². The maximum absolute atomic E-state index is 8.59. The van der Waals surface area contributed by atoms with E-state index in [9.17, 15) is 0 Å². The summed E-state index contributed by atoms with van der Waals surface area (Å²) >= 11 is 0. The number of hydrogen-bond acceptors (Lipinski definition) is 4. The summed E-state index contributed by atoms with van der Waals surface area (Å²) in [5.74, 6) is 0. The molecule has 0 radical (unpaired) electrons. The first kappa shape index (κ1) is 7.84. The Morgan fingerprint density at radius 1 is 1.75 bits per heavy atom. The van der Waals surface area contributed by atoms with Gasteiger partial charge in [-0.15, -0.1) is 0 Å². The van der Waals surface area contributed by atoms with Gasteiger partial charge in [-0.3, -0.25) is 5.32 Å². The van der Waals surface area contributed by atoms with Gasteiger partial charge in [-0.2, -0.15) is 0 Å². The minimum absolute atomic E-state index is 0.138. The molecule has 0 aliphatic carbocycles. The molecule has 0 aliphatic heterocycles. The molecule has 4 heteroatoms. The fourth-order valence-electron chi connectivity index (χ4n) is 0.271. The van der Waals surface area contributed by atoms with Gasteiger partial charge in [0.2, 0.25) is 0 Å². The molecule has 3 N–H and O–H groups in total. The molecule has 0 aromatic heterocycles. The van der Waals surface area contributed by atoms with Crippen molar-refractivity contribution < 1.29 is 14.9 Å². The van der Waals surface area contributed by atoms with E-state index in [1.165, 1.54) is 7.11 Å². The molecule has 0 fully saturated rings. The van der Waals surface area contributed by atoms with Crippen LogP contribution in [0.4, 0.5) is 0 Å². The number of ether oxygens (including phenoxy) is 1. The first-order valence-corrected chi connectivity index (χ1v) is 2.33. The van der Waals surface area contributed by atoms with E-state index in [1.54, 1.807) is 0 Å². The third kappa shape index (κ3) is 4.01. The molecule has 0 saturated carbocycles. The predicted octanol–water partition coefficient (Wildman–Crippen LogP) is -1.51. The van der Waals surface area contributed by atoms with Crippen molar-refractivity contribution in [2.24, 2.45) is 0 Å². The normalized spacial score (nSPS) is 13.9. The van der Waals surface area contributed by atoms with E-state index >= 15 is 0 Å². The maximum atomic E-state index is 8.59. The van der Waals surface area contributed by atoms with Crippen LogP contribution >= 0.6 is 0 Å². The van der Waals surface area contributed by atoms with Crippen LogP contribution in [0, 0.1) is 0 Å². The van der Waals surface area contributed by atoms with Gasteiger partial charge in [0.25, 0.3) is 0 Å². The van der Waals surface area contributed by atoms with E-state index in [-0.39, 0.29) is 13.3 Å². The Labute approximate surface area is 48.1 Å². The van der Waals surface area contributed by atoms with Gasteiger partial charge in [-0.1, -0.05) is 0 Å². The summed E-state index contributed by atoms with van der Waals surface area (Å²) in [7, 11) is 1.39. The van der Waals surface area contributed by atoms with Gasteiger partial charge in [0.1, 0.15) is 0 Å². The molecular weight excluding hydrogens is 110 g/mol. The van der Waals surface area contributed by atoms with Gasteiger partial charge < -0.3 is 14.9 Å². The second kappa shape index (κ2) is 4.99. The van der Waals surface area contributed by atoms with Gasteiger partial charge >= 0.3 is 0 Å². The van der Waals surface area contributed by atoms with Crippen LogP contribution in [0.2, 0.25) is 0 Å². The van der Waals surface area contributed by atoms with E-state index in [0.717, 1.165) is 0 Å². The summed E-state index contributed by atoms with van der Waals surface area (Å²) in [5.41, 5.74) is 0. The zero-order chi connectivity index (χ0) is 6.41. The second-order valence-corrected chi connectivity index (χ2v) is 1.30. The molecular formula is C4H11NO3. The molecule has 1 unspecified atom stereocenters. The average molecular weight is 121 g/mol. The molecule has 0 rings (SSSR count). The number of nitrogens with one attached hydrogen (secondary N) is 1. The highest BCUT2D eigenvalue weighted by molar-refractivity contribution is 4.40. The van der Waals surface area contributed by atoms with E-state index in [0.29, 0.717) is 0 Å². The van der Waals surface area contributed by atoms with Crippen molar-refractivity contribution in [3.8, 4) is 0 Å². The highest BCUT2D eigenvalue weighted by Crippen LogP contribution is 1.76. The Morgan fingerprint density at radius 2 is 2.38 bits per heavy atom. The first-order chi connectivity index (χ1) is 3.81. The molecule has 0 saturated heterocycles. The fraction of sp³-hybridized carbons (Fsp3) is 1.00. The second-order valence-electron chi connectivity index (χ2n) is 1.30. The average Bonchev–Trinajstić information content (AvgIpc) is 1.83. The van der Waals surface area contributed by atoms with Crippen LogP contribution in [-0.4, -0.2) is 36.9 Å². The summed E-state index contributed by atoms with van der Waals surface area (Å²) < 4.78 is 4.43. The Bertz CT molecular complexity index is 50.5. The van der Waals surface area contributed by atoms with Crippen LogP contribution in [0.5, 0.6) is 0 Å². The minimum atomic E-state index is -0.817. The highest BCUT2D eigenvalue weighted by Gasteiger charge is 1.96. The van der Waals surface area contributed by atoms with Crippen LogP contribution < -0.4 is 5.32 Å². The Hall–Kier alpha value is -0.160. The lowest BCUT2D eigenvalue weighted by atomic mass is 10.6. The van der Waals surface area contributed by atoms with Crippen molar-refractivity contribution in [2.45, 2.75) is 6.29 Å². The number of hydrogen-bond donors (Lipinski definition) is 3. The van der Waals surface area contributed by atoms with Gasteiger partial charge in [-0.25, -0.2) is 0 Å². The minimum Gasteiger partial charge on any atom is -0.381 e. The van der Waals surface area contributed by atoms with Crippen LogP contribution in [0.1, 0.15) is 0 Å². The SMILES string of the molecule is COC(O)CNCO. The molecule has 0 spiro atoms. The van der Waals surface area contributed by atoms with Crippen LogP contribution in [0.25, 0.3) is 0 Å². The number of aliphatic hydroxyl groups excluding tert-OH is 2. The zero-order valence-corrected chi connectivity index (χ0v) is 4.79. The molecule has 8 heavy (non-hydrogen) atoms. The molecule has 0 aromatic rings. The molecule has 1 atom stereocenters. The molecule has 0 aromatic carbocycles. The molecule has 0 amide bonds. The third-order valence-corrected chi connectivity index (χ3v) is 0.703. The third-order valence-electron chi connectivity index (χ3n) is 0.703. The quantitative estimate of drug-likeness (QED) is 0.396. The van der Waals surface area contributed by atoms with Crippen molar-refractivity contribution in [3.05, 3.63) is 0 Å². The van der Waals surface area contributed by atoms with E-state index < -0.39 is 6.29 Å². The molecule has 0 bridgehead atoms. The molecule has 0 aliphatic rings. The smallest absolute Gasteiger partial charge is 0.166 e. The Kier molecular flexibility index (Phi) is 4.89. The summed E-state index contributed by atoms with van der Waals surface area (Å²) in [4.78, 5) is 0. The van der Waals surface area contributed by atoms with Crippen LogP contribution in [0.3, 0.4) is 0 Å². The van der Waals surface area contributed by atoms with Gasteiger partial charge in [0.05, 0.1) is 6.73 Å². The summed E-state index contributed by atoms with van der Waals surface area (Å²) in [6.45, 7) is 0.118. The van der Waals surface area contributed by atoms with Crippen molar-refractivity contribution in [1.29, 1.82) is 0 Å². The van der Waals surface area contributed by atoms with E-state index in [2.05, 4.69) is 10.1 Å². The molecule has 0 heterocycles.